The van der Waals surface area contributed by atoms with Crippen molar-refractivity contribution in [3.8, 4) is 0 Å². The number of hydrogen-bond donors (Lipinski definition) is 0. The highest BCUT2D eigenvalue weighted by molar-refractivity contribution is 6.30. The van der Waals surface area contributed by atoms with Crippen LogP contribution in [0.25, 0.3) is 0 Å². The van der Waals surface area contributed by atoms with Crippen molar-refractivity contribution < 1.29 is 9.18 Å². The predicted molar refractivity (Wildman–Crippen MR) is 39.0 cm³/mol. The van der Waals surface area contributed by atoms with Crippen LogP contribution in [0.3, 0.4) is 0 Å². The lowest BCUT2D eigenvalue weighted by Crippen LogP contribution is -1.94. The van der Waals surface area contributed by atoms with Gasteiger partial charge in [-0.05, 0) is 6.07 Å². The monoisotopic (exact) mass is 173 g/mol. The van der Waals surface area contributed by atoms with Crippen molar-refractivity contribution in [2.45, 2.75) is 6.42 Å². The van der Waals surface area contributed by atoms with Crippen molar-refractivity contribution >= 4 is 17.9 Å². The van der Waals surface area contributed by atoms with Crippen LogP contribution in [-0.4, -0.2) is 11.3 Å². The Morgan fingerprint density at radius 3 is 3.00 bits per heavy atom. The molecule has 1 aromatic rings. The van der Waals surface area contributed by atoms with Gasteiger partial charge in [0, 0.05) is 12.6 Å². The van der Waals surface area contributed by atoms with E-state index in [4.69, 9.17) is 11.6 Å². The maximum Gasteiger partial charge on any atom is 0.146 e. The minimum atomic E-state index is -0.537. The van der Waals surface area contributed by atoms with Gasteiger partial charge in [-0.25, -0.2) is 4.39 Å². The molecule has 0 saturated carbocycles. The summed E-state index contributed by atoms with van der Waals surface area (Å²) in [5, 5.41) is 0.233. The first-order valence-electron chi connectivity index (χ1n) is 2.97. The Morgan fingerprint density at radius 2 is 2.45 bits per heavy atom. The average Bonchev–Trinajstić information content (AvgIpc) is 1.95. The number of rotatable bonds is 2. The molecule has 0 atom stereocenters. The van der Waals surface area contributed by atoms with E-state index in [1.807, 2.05) is 0 Å². The fraction of sp³-hybridized carbons (Fsp3) is 0.143. The number of pyridine rings is 1. The zero-order valence-corrected chi connectivity index (χ0v) is 6.31. The van der Waals surface area contributed by atoms with E-state index < -0.39 is 5.82 Å². The molecule has 0 N–H and O–H groups in total. The van der Waals surface area contributed by atoms with Crippen molar-refractivity contribution in [3.63, 3.8) is 0 Å². The summed E-state index contributed by atoms with van der Waals surface area (Å²) in [6.45, 7) is 0. The molecule has 0 fully saturated rings. The van der Waals surface area contributed by atoms with Crippen molar-refractivity contribution in [1.29, 1.82) is 0 Å². The van der Waals surface area contributed by atoms with Gasteiger partial charge in [-0.15, -0.1) is 0 Å². The Morgan fingerprint density at radius 1 is 1.73 bits per heavy atom. The highest BCUT2D eigenvalue weighted by atomic mass is 35.5. The lowest BCUT2D eigenvalue weighted by Gasteiger charge is -1.95. The van der Waals surface area contributed by atoms with Gasteiger partial charge in [0.1, 0.15) is 12.1 Å². The summed E-state index contributed by atoms with van der Waals surface area (Å²) in [7, 11) is 0. The van der Waals surface area contributed by atoms with Gasteiger partial charge in [-0.2, -0.15) is 0 Å². The van der Waals surface area contributed by atoms with Crippen LogP contribution in [0.1, 0.15) is 5.69 Å². The van der Waals surface area contributed by atoms with Crippen LogP contribution in [0.2, 0.25) is 5.02 Å². The second kappa shape index (κ2) is 3.44. The fourth-order valence-electron chi connectivity index (χ4n) is 0.672. The zero-order chi connectivity index (χ0) is 8.27. The third kappa shape index (κ3) is 1.98. The average molecular weight is 174 g/mol. The summed E-state index contributed by atoms with van der Waals surface area (Å²) in [4.78, 5) is 13.6. The normalized spacial score (nSPS) is 9.64. The Hall–Kier alpha value is -0.960. The van der Waals surface area contributed by atoms with E-state index in [1.165, 1.54) is 6.20 Å². The largest absolute Gasteiger partial charge is 0.303 e. The molecule has 0 saturated heterocycles. The van der Waals surface area contributed by atoms with Crippen molar-refractivity contribution in [2.24, 2.45) is 0 Å². The highest BCUT2D eigenvalue weighted by Crippen LogP contribution is 2.10. The van der Waals surface area contributed by atoms with E-state index in [2.05, 4.69) is 4.98 Å². The van der Waals surface area contributed by atoms with Crippen LogP contribution in [0.4, 0.5) is 4.39 Å². The van der Waals surface area contributed by atoms with E-state index in [-0.39, 0.29) is 17.1 Å². The molecular weight excluding hydrogens is 169 g/mol. The van der Waals surface area contributed by atoms with Gasteiger partial charge in [0.25, 0.3) is 0 Å². The molecule has 0 aliphatic carbocycles. The van der Waals surface area contributed by atoms with E-state index >= 15 is 0 Å². The SMILES string of the molecule is O=CCc1ncc(Cl)cc1F. The quantitative estimate of drug-likeness (QED) is 0.636. The molecule has 1 aromatic heterocycles. The Bertz CT molecular complexity index is 277. The first-order chi connectivity index (χ1) is 5.24. The molecule has 1 rings (SSSR count). The number of halogens is 2. The minimum absolute atomic E-state index is 0.0109. The smallest absolute Gasteiger partial charge is 0.146 e. The third-order valence-electron chi connectivity index (χ3n) is 1.16. The molecule has 2 nitrogen and oxygen atoms in total. The number of aromatic nitrogens is 1. The summed E-state index contributed by atoms with van der Waals surface area (Å²) in [6.07, 6.45) is 1.89. The van der Waals surface area contributed by atoms with Crippen LogP contribution in [0, 0.1) is 5.82 Å². The summed E-state index contributed by atoms with van der Waals surface area (Å²) < 4.78 is 12.7. The fourth-order valence-corrected chi connectivity index (χ4v) is 0.817. The third-order valence-corrected chi connectivity index (χ3v) is 1.37. The van der Waals surface area contributed by atoms with Crippen LogP contribution in [0.5, 0.6) is 0 Å². The van der Waals surface area contributed by atoms with Crippen LogP contribution in [0.15, 0.2) is 12.3 Å². The molecule has 0 aromatic carbocycles. The highest BCUT2D eigenvalue weighted by Gasteiger charge is 2.02. The molecular formula is C7H5ClFNO. The molecule has 11 heavy (non-hydrogen) atoms. The molecule has 1 heterocycles. The Labute approximate surface area is 68.0 Å². The lowest BCUT2D eigenvalue weighted by atomic mass is 10.3. The van der Waals surface area contributed by atoms with Gasteiger partial charge in [0.15, 0.2) is 0 Å². The number of nitrogens with zero attached hydrogens (tertiary/aromatic N) is 1. The summed E-state index contributed by atoms with van der Waals surface area (Å²) in [5.41, 5.74) is 0.129. The van der Waals surface area contributed by atoms with Gasteiger partial charge in [0.05, 0.1) is 10.7 Å². The first kappa shape index (κ1) is 8.14. The van der Waals surface area contributed by atoms with E-state index in [0.29, 0.717) is 6.29 Å². The number of carbonyl (C=O) groups excluding carboxylic acids is 1. The molecule has 0 radical (unpaired) electrons. The van der Waals surface area contributed by atoms with Gasteiger partial charge >= 0.3 is 0 Å². The van der Waals surface area contributed by atoms with Crippen molar-refractivity contribution in [2.75, 3.05) is 0 Å². The van der Waals surface area contributed by atoms with Gasteiger partial charge in [0.2, 0.25) is 0 Å². The molecule has 0 unspecified atom stereocenters. The summed E-state index contributed by atoms with van der Waals surface area (Å²) >= 11 is 5.43. The first-order valence-corrected chi connectivity index (χ1v) is 3.35. The molecule has 0 bridgehead atoms. The zero-order valence-electron chi connectivity index (χ0n) is 5.55. The number of hydrogen-bond acceptors (Lipinski definition) is 2. The topological polar surface area (TPSA) is 30.0 Å². The molecule has 0 amide bonds. The standard InChI is InChI=1S/C7H5ClFNO/c8-5-3-6(9)7(1-2-11)10-4-5/h2-4H,1H2. The summed E-state index contributed by atoms with van der Waals surface area (Å²) in [6, 6.07) is 1.13. The van der Waals surface area contributed by atoms with Crippen molar-refractivity contribution in [1.82, 2.24) is 4.98 Å². The molecule has 0 spiro atoms. The van der Waals surface area contributed by atoms with Gasteiger partial charge in [-0.1, -0.05) is 11.6 Å². The van der Waals surface area contributed by atoms with Gasteiger partial charge in [-0.3, -0.25) is 4.98 Å². The van der Waals surface area contributed by atoms with Crippen LogP contribution >= 0.6 is 11.6 Å². The lowest BCUT2D eigenvalue weighted by molar-refractivity contribution is -0.107. The van der Waals surface area contributed by atoms with E-state index in [9.17, 15) is 9.18 Å². The molecule has 4 heteroatoms. The molecule has 0 aliphatic heterocycles. The van der Waals surface area contributed by atoms with Crippen LogP contribution < -0.4 is 0 Å². The maximum absolute atomic E-state index is 12.7. The summed E-state index contributed by atoms with van der Waals surface area (Å²) in [5.74, 6) is -0.537. The number of aldehydes is 1. The second-order valence-electron chi connectivity index (χ2n) is 1.95. The number of carbonyl (C=O) groups is 1. The maximum atomic E-state index is 12.7. The predicted octanol–water partition coefficient (Wildman–Crippen LogP) is 1.62. The molecule has 0 aliphatic rings. The second-order valence-corrected chi connectivity index (χ2v) is 2.39. The molecule has 58 valence electrons. The van der Waals surface area contributed by atoms with Gasteiger partial charge < -0.3 is 4.79 Å². The van der Waals surface area contributed by atoms with E-state index in [1.54, 1.807) is 0 Å². The Kier molecular flexibility index (Phi) is 2.54. The Balaban J connectivity index is 2.98. The van der Waals surface area contributed by atoms with Crippen LogP contribution in [-0.2, 0) is 11.2 Å². The van der Waals surface area contributed by atoms with E-state index in [0.717, 1.165) is 6.07 Å². The van der Waals surface area contributed by atoms with Crippen molar-refractivity contribution in [3.05, 3.63) is 28.8 Å². The minimum Gasteiger partial charge on any atom is -0.303 e.